The first-order chi connectivity index (χ1) is 12.6. The van der Waals surface area contributed by atoms with Crippen LogP contribution in [0.4, 0.5) is 11.4 Å². The van der Waals surface area contributed by atoms with Crippen LogP contribution < -0.4 is 4.90 Å². The van der Waals surface area contributed by atoms with Crippen LogP contribution in [0.3, 0.4) is 0 Å². The van der Waals surface area contributed by atoms with E-state index in [1.54, 1.807) is 6.07 Å². The number of aliphatic hydroxyl groups excluding tert-OH is 1. The van der Waals surface area contributed by atoms with Gasteiger partial charge in [-0.1, -0.05) is 0 Å². The molecule has 2 aromatic heterocycles. The molecule has 8 heteroatoms. The van der Waals surface area contributed by atoms with Crippen molar-refractivity contribution in [2.45, 2.75) is 0 Å². The highest BCUT2D eigenvalue weighted by Crippen LogP contribution is 2.42. The van der Waals surface area contributed by atoms with Gasteiger partial charge < -0.3 is 13.9 Å². The summed E-state index contributed by atoms with van der Waals surface area (Å²) in [5, 5.41) is 13.3. The van der Waals surface area contributed by atoms with Gasteiger partial charge in [0.05, 0.1) is 23.8 Å². The van der Waals surface area contributed by atoms with Gasteiger partial charge in [-0.25, -0.2) is 4.90 Å². The number of carbonyl (C=O) groups excluding carboxylic acids is 2. The summed E-state index contributed by atoms with van der Waals surface area (Å²) in [6.45, 7) is 0. The van der Waals surface area contributed by atoms with Gasteiger partial charge in [0.2, 0.25) is 0 Å². The number of nitrogens with zero attached hydrogens (tertiary/aromatic N) is 2. The Morgan fingerprint density at radius 1 is 1.04 bits per heavy atom. The maximum absolute atomic E-state index is 12.9. The van der Waals surface area contributed by atoms with E-state index in [-0.39, 0.29) is 34.0 Å². The van der Waals surface area contributed by atoms with Crippen LogP contribution in [-0.4, -0.2) is 16.9 Å². The van der Waals surface area contributed by atoms with E-state index in [0.717, 1.165) is 4.90 Å². The van der Waals surface area contributed by atoms with Crippen molar-refractivity contribution in [2.75, 3.05) is 4.90 Å². The molecule has 0 saturated heterocycles. The number of furan rings is 2. The van der Waals surface area contributed by atoms with Gasteiger partial charge in [-0.05, 0) is 47.6 Å². The van der Waals surface area contributed by atoms with Gasteiger partial charge in [0, 0.05) is 5.56 Å². The van der Waals surface area contributed by atoms with E-state index in [9.17, 15) is 19.6 Å². The number of hydrogen-bond donors (Lipinski definition) is 1. The lowest BCUT2D eigenvalue weighted by atomic mass is 10.0. The Morgan fingerprint density at radius 2 is 1.73 bits per heavy atom. The lowest BCUT2D eigenvalue weighted by Crippen LogP contribution is -2.33. The Labute approximate surface area is 145 Å². The molecule has 3 aromatic rings. The molecule has 1 aliphatic rings. The minimum absolute atomic E-state index is 0.0348. The molecule has 3 heterocycles. The van der Waals surface area contributed by atoms with E-state index in [1.807, 2.05) is 0 Å². The third-order valence-corrected chi connectivity index (χ3v) is 3.94. The maximum Gasteiger partial charge on any atom is 0.301 e. The van der Waals surface area contributed by atoms with Gasteiger partial charge in [-0.2, -0.15) is 0 Å². The molecule has 0 unspecified atom stereocenters. The molecular weight excluding hydrogens is 340 g/mol. The maximum atomic E-state index is 12.9. The lowest BCUT2D eigenvalue weighted by molar-refractivity contribution is -0.112. The molecule has 1 aliphatic heterocycles. The topological polar surface area (TPSA) is 113 Å². The number of aliphatic hydroxyl groups is 1. The molecule has 128 valence electrons. The number of hydrogen-bond acceptors (Lipinski definition) is 7. The molecule has 1 aromatic carbocycles. The van der Waals surface area contributed by atoms with Gasteiger partial charge in [0.15, 0.2) is 17.3 Å². The third kappa shape index (κ3) is 2.24. The molecule has 0 bridgehead atoms. The Morgan fingerprint density at radius 3 is 2.35 bits per heavy atom. The SMILES string of the molecule is O=Nc1ccc2c(c1)N(C(=O)c1ccco1)C(=O)/C2=C(\O)c1ccco1. The van der Waals surface area contributed by atoms with E-state index >= 15 is 0 Å². The van der Waals surface area contributed by atoms with Crippen molar-refractivity contribution in [1.29, 1.82) is 0 Å². The van der Waals surface area contributed by atoms with Crippen LogP contribution in [0.2, 0.25) is 0 Å². The molecule has 0 saturated carbocycles. The van der Waals surface area contributed by atoms with E-state index < -0.39 is 17.6 Å². The fraction of sp³-hybridized carbons (Fsp3) is 0. The number of carbonyl (C=O) groups is 2. The van der Waals surface area contributed by atoms with Crippen LogP contribution in [0, 0.1) is 4.91 Å². The minimum atomic E-state index is -0.765. The molecule has 1 N–H and O–H groups in total. The summed E-state index contributed by atoms with van der Waals surface area (Å²) in [7, 11) is 0. The van der Waals surface area contributed by atoms with Gasteiger partial charge in [-0.15, -0.1) is 4.91 Å². The van der Waals surface area contributed by atoms with E-state index in [4.69, 9.17) is 8.83 Å². The van der Waals surface area contributed by atoms with Crippen LogP contribution in [0.1, 0.15) is 21.9 Å². The Hall–Kier alpha value is -3.94. The molecule has 0 atom stereocenters. The lowest BCUT2D eigenvalue weighted by Gasteiger charge is -2.13. The largest absolute Gasteiger partial charge is 0.504 e. The zero-order valence-electron chi connectivity index (χ0n) is 13.1. The zero-order valence-corrected chi connectivity index (χ0v) is 13.1. The molecule has 8 nitrogen and oxygen atoms in total. The molecule has 0 fully saturated rings. The van der Waals surface area contributed by atoms with Crippen LogP contribution in [-0.2, 0) is 4.79 Å². The van der Waals surface area contributed by atoms with E-state index in [1.165, 1.54) is 48.9 Å². The van der Waals surface area contributed by atoms with Gasteiger partial charge in [-0.3, -0.25) is 9.59 Å². The summed E-state index contributed by atoms with van der Waals surface area (Å²) in [6, 6.07) is 10.1. The molecule has 0 aliphatic carbocycles. The van der Waals surface area contributed by atoms with Crippen LogP contribution in [0.25, 0.3) is 11.3 Å². The van der Waals surface area contributed by atoms with E-state index in [2.05, 4.69) is 5.18 Å². The normalized spacial score (nSPS) is 15.1. The smallest absolute Gasteiger partial charge is 0.301 e. The van der Waals surface area contributed by atoms with Crippen molar-refractivity contribution in [3.8, 4) is 0 Å². The summed E-state index contributed by atoms with van der Waals surface area (Å²) in [5.74, 6) is -1.90. The Kier molecular flexibility index (Phi) is 3.51. The number of imide groups is 1. The fourth-order valence-electron chi connectivity index (χ4n) is 2.79. The second-order valence-electron chi connectivity index (χ2n) is 5.42. The number of benzene rings is 1. The summed E-state index contributed by atoms with van der Waals surface area (Å²) in [5.41, 5.74) is 0.317. The Balaban J connectivity index is 1.93. The summed E-state index contributed by atoms with van der Waals surface area (Å²) >= 11 is 0. The second-order valence-corrected chi connectivity index (χ2v) is 5.42. The first-order valence-electron chi connectivity index (χ1n) is 7.49. The average molecular weight is 350 g/mol. The van der Waals surface area contributed by atoms with Crippen molar-refractivity contribution < 1.29 is 23.5 Å². The predicted octanol–water partition coefficient (Wildman–Crippen LogP) is 3.88. The summed E-state index contributed by atoms with van der Waals surface area (Å²) < 4.78 is 10.2. The third-order valence-electron chi connectivity index (χ3n) is 3.94. The first kappa shape index (κ1) is 15.6. The highest BCUT2D eigenvalue weighted by atomic mass is 16.4. The van der Waals surface area contributed by atoms with Crippen molar-refractivity contribution >= 4 is 34.5 Å². The fourth-order valence-corrected chi connectivity index (χ4v) is 2.79. The molecule has 26 heavy (non-hydrogen) atoms. The molecule has 0 spiro atoms. The van der Waals surface area contributed by atoms with Crippen molar-refractivity contribution in [1.82, 2.24) is 0 Å². The number of nitroso groups, excluding NO2 is 1. The number of amides is 2. The number of rotatable bonds is 3. The Bertz CT molecular complexity index is 1050. The summed E-state index contributed by atoms with van der Waals surface area (Å²) in [4.78, 5) is 37.3. The van der Waals surface area contributed by atoms with Crippen molar-refractivity contribution in [2.24, 2.45) is 5.18 Å². The monoisotopic (exact) mass is 350 g/mol. The van der Waals surface area contributed by atoms with Crippen LogP contribution >= 0.6 is 0 Å². The zero-order chi connectivity index (χ0) is 18.3. The molecule has 4 rings (SSSR count). The summed E-state index contributed by atoms with van der Waals surface area (Å²) in [6.07, 6.45) is 2.65. The van der Waals surface area contributed by atoms with Crippen molar-refractivity contribution in [3.63, 3.8) is 0 Å². The predicted molar refractivity (Wildman–Crippen MR) is 90.6 cm³/mol. The molecular formula is C18H10N2O6. The van der Waals surface area contributed by atoms with Crippen LogP contribution in [0.5, 0.6) is 0 Å². The second kappa shape index (κ2) is 5.85. The standard InChI is InChI=1S/C18H10N2O6/c21-16(13-3-1-7-25-13)15-11-6-5-10(19-24)9-12(11)20(18(15)23)17(22)14-4-2-8-26-14/h1-9,21H/b16-15-. The van der Waals surface area contributed by atoms with Crippen molar-refractivity contribution in [3.05, 3.63) is 77.0 Å². The molecule has 2 amide bonds. The molecule has 0 radical (unpaired) electrons. The van der Waals surface area contributed by atoms with Gasteiger partial charge >= 0.3 is 5.91 Å². The van der Waals surface area contributed by atoms with Gasteiger partial charge in [0.25, 0.3) is 5.91 Å². The minimum Gasteiger partial charge on any atom is -0.504 e. The average Bonchev–Trinajstić information content (AvgIpc) is 3.39. The highest BCUT2D eigenvalue weighted by Gasteiger charge is 2.41. The van der Waals surface area contributed by atoms with Gasteiger partial charge in [0.1, 0.15) is 5.69 Å². The quantitative estimate of drug-likeness (QED) is 0.332. The number of anilines is 1. The first-order valence-corrected chi connectivity index (χ1v) is 7.49. The van der Waals surface area contributed by atoms with Crippen LogP contribution in [0.15, 0.2) is 69.0 Å². The number of fused-ring (bicyclic) bond motifs is 1. The van der Waals surface area contributed by atoms with E-state index in [0.29, 0.717) is 0 Å². The highest BCUT2D eigenvalue weighted by molar-refractivity contribution is 6.44.